The summed E-state index contributed by atoms with van der Waals surface area (Å²) in [6.07, 6.45) is -3.32. The molecule has 0 bridgehead atoms. The Morgan fingerprint density at radius 1 is 1.38 bits per heavy atom. The number of carbonyl (C=O) groups is 1. The van der Waals surface area contributed by atoms with Crippen LogP contribution in [0.25, 0.3) is 0 Å². The van der Waals surface area contributed by atoms with E-state index in [1.807, 2.05) is 0 Å². The summed E-state index contributed by atoms with van der Waals surface area (Å²) >= 11 is 0. The Balaban J connectivity index is 2.08. The molecular formula is C14H17F4NO2. The summed E-state index contributed by atoms with van der Waals surface area (Å²) in [4.78, 5) is 12.0. The van der Waals surface area contributed by atoms with Gasteiger partial charge in [-0.15, -0.1) is 0 Å². The first-order valence-electron chi connectivity index (χ1n) is 6.76. The molecule has 0 saturated heterocycles. The van der Waals surface area contributed by atoms with Crippen LogP contribution in [0.4, 0.5) is 17.6 Å². The number of hydrogen-bond acceptors (Lipinski definition) is 2. The highest BCUT2D eigenvalue weighted by Gasteiger charge is 2.40. The van der Waals surface area contributed by atoms with Crippen molar-refractivity contribution in [2.75, 3.05) is 0 Å². The fourth-order valence-corrected chi connectivity index (χ4v) is 2.52. The van der Waals surface area contributed by atoms with E-state index in [1.165, 1.54) is 13.8 Å². The normalized spacial score (nSPS) is 26.7. The van der Waals surface area contributed by atoms with Crippen LogP contribution in [0.3, 0.4) is 0 Å². The molecule has 1 heterocycles. The van der Waals surface area contributed by atoms with E-state index in [2.05, 4.69) is 9.73 Å². The van der Waals surface area contributed by atoms with Crippen LogP contribution >= 0.6 is 0 Å². The molecule has 1 saturated carbocycles. The average Bonchev–Trinajstić information content (AvgIpc) is 2.74. The lowest BCUT2D eigenvalue weighted by Crippen LogP contribution is -2.41. The maximum Gasteiger partial charge on any atom is 0.450 e. The largest absolute Gasteiger partial charge is 0.456 e. The van der Waals surface area contributed by atoms with Crippen molar-refractivity contribution in [3.8, 4) is 0 Å². The van der Waals surface area contributed by atoms with Gasteiger partial charge in [-0.05, 0) is 45.6 Å². The Morgan fingerprint density at radius 3 is 2.48 bits per heavy atom. The van der Waals surface area contributed by atoms with Gasteiger partial charge in [-0.2, -0.15) is 13.2 Å². The SMILES string of the molecule is Cc1cc(C(=O)NC2CCC(C)(F)CC2)c(C(F)(F)F)o1. The number of rotatable bonds is 2. The minimum atomic E-state index is -4.72. The number of furan rings is 1. The van der Waals surface area contributed by atoms with Crippen molar-refractivity contribution in [2.45, 2.75) is 57.4 Å². The quantitative estimate of drug-likeness (QED) is 0.839. The fraction of sp³-hybridized carbons (Fsp3) is 0.643. The molecule has 0 atom stereocenters. The second-order valence-electron chi connectivity index (χ2n) is 5.76. The Hall–Kier alpha value is -1.53. The summed E-state index contributed by atoms with van der Waals surface area (Å²) < 4.78 is 56.6. The third-order valence-electron chi connectivity index (χ3n) is 3.72. The van der Waals surface area contributed by atoms with Crippen LogP contribution < -0.4 is 5.32 Å². The van der Waals surface area contributed by atoms with E-state index >= 15 is 0 Å². The second kappa shape index (κ2) is 5.35. The smallest absolute Gasteiger partial charge is 0.450 e. The van der Waals surface area contributed by atoms with E-state index in [9.17, 15) is 22.4 Å². The molecule has 0 aromatic carbocycles. The van der Waals surface area contributed by atoms with Crippen molar-refractivity contribution in [3.05, 3.63) is 23.2 Å². The molecule has 2 rings (SSSR count). The Kier molecular flexibility index (Phi) is 4.04. The molecule has 21 heavy (non-hydrogen) atoms. The monoisotopic (exact) mass is 307 g/mol. The van der Waals surface area contributed by atoms with Gasteiger partial charge in [-0.1, -0.05) is 0 Å². The second-order valence-corrected chi connectivity index (χ2v) is 5.76. The molecule has 1 aromatic heterocycles. The van der Waals surface area contributed by atoms with Gasteiger partial charge in [0.15, 0.2) is 0 Å². The minimum Gasteiger partial charge on any atom is -0.456 e. The van der Waals surface area contributed by atoms with Crippen LogP contribution in [0, 0.1) is 6.92 Å². The van der Waals surface area contributed by atoms with E-state index in [4.69, 9.17) is 0 Å². The molecule has 1 fully saturated rings. The lowest BCUT2D eigenvalue weighted by Gasteiger charge is -2.31. The molecule has 1 aliphatic carbocycles. The van der Waals surface area contributed by atoms with Crippen LogP contribution in [0.5, 0.6) is 0 Å². The fourth-order valence-electron chi connectivity index (χ4n) is 2.52. The summed E-state index contributed by atoms with van der Waals surface area (Å²) in [6.45, 7) is 2.84. The third-order valence-corrected chi connectivity index (χ3v) is 3.72. The molecule has 1 aliphatic rings. The van der Waals surface area contributed by atoms with Crippen molar-refractivity contribution in [3.63, 3.8) is 0 Å². The lowest BCUT2D eigenvalue weighted by molar-refractivity contribution is -0.153. The molecule has 7 heteroatoms. The third kappa shape index (κ3) is 3.77. The molecule has 1 amide bonds. The Labute approximate surface area is 119 Å². The van der Waals surface area contributed by atoms with Crippen LogP contribution in [0.2, 0.25) is 0 Å². The van der Waals surface area contributed by atoms with E-state index in [1.54, 1.807) is 0 Å². The molecule has 118 valence electrons. The first kappa shape index (κ1) is 15.9. The summed E-state index contributed by atoms with van der Waals surface area (Å²) in [7, 11) is 0. The average molecular weight is 307 g/mol. The molecule has 0 aliphatic heterocycles. The molecule has 1 aromatic rings. The van der Waals surface area contributed by atoms with Crippen LogP contribution in [-0.2, 0) is 6.18 Å². The minimum absolute atomic E-state index is 0.0208. The van der Waals surface area contributed by atoms with Gasteiger partial charge in [0, 0.05) is 6.04 Å². The van der Waals surface area contributed by atoms with Crippen LogP contribution in [-0.4, -0.2) is 17.6 Å². The maximum absolute atomic E-state index is 13.7. The van der Waals surface area contributed by atoms with Gasteiger partial charge in [0.2, 0.25) is 5.76 Å². The number of amides is 1. The molecule has 3 nitrogen and oxygen atoms in total. The van der Waals surface area contributed by atoms with Gasteiger partial charge in [0.25, 0.3) is 5.91 Å². The summed E-state index contributed by atoms with van der Waals surface area (Å²) in [6, 6.07) is 0.762. The first-order chi connectivity index (χ1) is 9.58. The standard InChI is InChI=1S/C14H17F4NO2/c1-8-7-10(11(21-8)14(16,17)18)12(20)19-9-3-5-13(2,15)6-4-9/h7,9H,3-6H2,1-2H3,(H,19,20). The summed E-state index contributed by atoms with van der Waals surface area (Å²) in [5.74, 6) is -2.09. The Morgan fingerprint density at radius 2 is 1.95 bits per heavy atom. The van der Waals surface area contributed by atoms with E-state index in [0.717, 1.165) is 6.07 Å². The zero-order valence-electron chi connectivity index (χ0n) is 11.8. The van der Waals surface area contributed by atoms with Gasteiger partial charge in [0.1, 0.15) is 11.4 Å². The van der Waals surface area contributed by atoms with E-state index < -0.39 is 29.1 Å². The van der Waals surface area contributed by atoms with Crippen molar-refractivity contribution >= 4 is 5.91 Å². The van der Waals surface area contributed by atoms with Gasteiger partial charge in [-0.3, -0.25) is 4.79 Å². The topological polar surface area (TPSA) is 42.2 Å². The number of alkyl halides is 4. The van der Waals surface area contributed by atoms with E-state index in [-0.39, 0.29) is 24.6 Å². The number of carbonyl (C=O) groups excluding carboxylic acids is 1. The van der Waals surface area contributed by atoms with Gasteiger partial charge < -0.3 is 9.73 Å². The van der Waals surface area contributed by atoms with Crippen LogP contribution in [0.1, 0.15) is 54.5 Å². The number of nitrogens with one attached hydrogen (secondary N) is 1. The van der Waals surface area contributed by atoms with Gasteiger partial charge >= 0.3 is 6.18 Å². The van der Waals surface area contributed by atoms with Crippen LogP contribution in [0.15, 0.2) is 10.5 Å². The van der Waals surface area contributed by atoms with Crippen molar-refractivity contribution in [1.82, 2.24) is 5.32 Å². The molecular weight excluding hydrogens is 290 g/mol. The van der Waals surface area contributed by atoms with Gasteiger partial charge in [-0.25, -0.2) is 4.39 Å². The molecule has 1 N–H and O–H groups in total. The molecule has 0 unspecified atom stereocenters. The highest BCUT2D eigenvalue weighted by molar-refractivity contribution is 5.95. The summed E-state index contributed by atoms with van der Waals surface area (Å²) in [5.41, 5.74) is -1.78. The zero-order valence-corrected chi connectivity index (χ0v) is 11.8. The number of aryl methyl sites for hydroxylation is 1. The number of halogens is 4. The maximum atomic E-state index is 13.7. The zero-order chi connectivity index (χ0) is 15.8. The highest BCUT2D eigenvalue weighted by Crippen LogP contribution is 2.35. The van der Waals surface area contributed by atoms with Crippen molar-refractivity contribution < 1.29 is 26.8 Å². The lowest BCUT2D eigenvalue weighted by atomic mass is 9.85. The predicted octanol–water partition coefficient (Wildman–Crippen LogP) is 4.01. The molecule has 0 spiro atoms. The predicted molar refractivity (Wildman–Crippen MR) is 67.7 cm³/mol. The first-order valence-corrected chi connectivity index (χ1v) is 6.76. The van der Waals surface area contributed by atoms with Gasteiger partial charge in [0.05, 0.1) is 5.56 Å². The van der Waals surface area contributed by atoms with E-state index in [0.29, 0.717) is 12.8 Å². The highest BCUT2D eigenvalue weighted by atomic mass is 19.4. The number of hydrogen-bond donors (Lipinski definition) is 1. The Bertz CT molecular complexity index is 524. The molecule has 0 radical (unpaired) electrons. The van der Waals surface area contributed by atoms with Crippen molar-refractivity contribution in [2.24, 2.45) is 0 Å². The summed E-state index contributed by atoms with van der Waals surface area (Å²) in [5, 5.41) is 2.53. The van der Waals surface area contributed by atoms with Crippen molar-refractivity contribution in [1.29, 1.82) is 0 Å².